The number of hydrogen-bond acceptors (Lipinski definition) is 2. The molecule has 14 aromatic rings. The molecule has 0 bridgehead atoms. The lowest BCUT2D eigenvalue weighted by atomic mass is 9.72. The van der Waals surface area contributed by atoms with Gasteiger partial charge in [0.2, 0.25) is 0 Å². The molecule has 11 aromatic carbocycles. The van der Waals surface area contributed by atoms with Crippen molar-refractivity contribution in [1.82, 2.24) is 4.57 Å². The van der Waals surface area contributed by atoms with Gasteiger partial charge in [0.05, 0.1) is 11.0 Å². The average Bonchev–Trinajstić information content (AvgIpc) is 2.33. The predicted octanol–water partition coefficient (Wildman–Crippen LogP) is 21.6. The molecule has 0 atom stereocenters. The van der Waals surface area contributed by atoms with Crippen LogP contribution < -0.4 is 0 Å². The third-order valence-corrected chi connectivity index (χ3v) is 19.7. The SMILES string of the molecule is Cc1ccc(/C(=C\c2ccc3c(c2)C(C)(C)c2cc(-c4cccc5c4c4ccccc4n5-c4ccccc4)c4oc5ccccc5c4c2-3)Cc2ccc3c(c2)C(C)(C)c2c4c(c5oc6ccccc6c5c2-3)-c2ccccc2C4(C)C)c(C)c1. The Bertz CT molecular complexity index is 5220. The third-order valence-electron chi connectivity index (χ3n) is 19.7. The van der Waals surface area contributed by atoms with Crippen LogP contribution in [0.4, 0.5) is 0 Å². The van der Waals surface area contributed by atoms with E-state index in [2.05, 4.69) is 272 Å². The highest BCUT2D eigenvalue weighted by molar-refractivity contribution is 6.24. The van der Waals surface area contributed by atoms with E-state index in [0.29, 0.717) is 0 Å². The molecule has 0 saturated heterocycles. The summed E-state index contributed by atoms with van der Waals surface area (Å²) in [6.45, 7) is 19.1. The number of aromatic nitrogens is 1. The van der Waals surface area contributed by atoms with Crippen LogP contribution in [0.1, 0.15) is 103 Å². The first kappa shape index (κ1) is 48.3. The van der Waals surface area contributed by atoms with Crippen LogP contribution in [0.25, 0.3) is 128 Å². The van der Waals surface area contributed by atoms with E-state index in [4.69, 9.17) is 8.83 Å². The Hall–Kier alpha value is -9.44. The minimum absolute atomic E-state index is 0.212. The van der Waals surface area contributed by atoms with Crippen LogP contribution in [-0.2, 0) is 22.7 Å². The van der Waals surface area contributed by atoms with Gasteiger partial charge in [-0.05, 0) is 157 Å². The zero-order valence-corrected chi connectivity index (χ0v) is 48.2. The smallest absolute Gasteiger partial charge is 0.144 e. The van der Waals surface area contributed by atoms with Crippen molar-refractivity contribution in [3.63, 3.8) is 0 Å². The summed E-state index contributed by atoms with van der Waals surface area (Å²) in [6, 6.07) is 76.8. The van der Waals surface area contributed by atoms with Gasteiger partial charge in [-0.1, -0.05) is 217 Å². The highest BCUT2D eigenvalue weighted by Crippen LogP contribution is 2.64. The number of fused-ring (bicyclic) bond motifs is 22. The number of benzene rings is 11. The van der Waals surface area contributed by atoms with Crippen LogP contribution in [0.3, 0.4) is 0 Å². The first-order valence-electron chi connectivity index (χ1n) is 29.5. The van der Waals surface area contributed by atoms with E-state index >= 15 is 0 Å². The van der Waals surface area contributed by atoms with E-state index in [0.717, 1.165) is 45.4 Å². The summed E-state index contributed by atoms with van der Waals surface area (Å²) >= 11 is 0. The van der Waals surface area contributed by atoms with E-state index in [1.165, 1.54) is 144 Å². The van der Waals surface area contributed by atoms with Crippen LogP contribution in [0.2, 0.25) is 0 Å². The van der Waals surface area contributed by atoms with Crippen molar-refractivity contribution in [2.75, 3.05) is 0 Å². The van der Waals surface area contributed by atoms with E-state index in [9.17, 15) is 0 Å². The fourth-order valence-electron chi connectivity index (χ4n) is 16.0. The molecular weight excluding hydrogens is 1010 g/mol. The summed E-state index contributed by atoms with van der Waals surface area (Å²) in [5, 5.41) is 7.20. The van der Waals surface area contributed by atoms with Gasteiger partial charge < -0.3 is 13.4 Å². The van der Waals surface area contributed by atoms with E-state index in [1.54, 1.807) is 0 Å². The van der Waals surface area contributed by atoms with Gasteiger partial charge in [0.15, 0.2) is 0 Å². The monoisotopic (exact) mass is 1070 g/mol. The maximum Gasteiger partial charge on any atom is 0.144 e. The topological polar surface area (TPSA) is 31.2 Å². The van der Waals surface area contributed by atoms with Gasteiger partial charge in [-0.15, -0.1) is 0 Å². The van der Waals surface area contributed by atoms with Crippen LogP contribution >= 0.6 is 0 Å². The number of allylic oxidation sites excluding steroid dienone is 1. The minimum atomic E-state index is -0.329. The van der Waals surface area contributed by atoms with Gasteiger partial charge >= 0.3 is 0 Å². The van der Waals surface area contributed by atoms with Gasteiger partial charge in [-0.3, -0.25) is 0 Å². The molecule has 0 fully saturated rings. The second-order valence-electron chi connectivity index (χ2n) is 25.6. The molecule has 83 heavy (non-hydrogen) atoms. The largest absolute Gasteiger partial charge is 0.455 e. The fourth-order valence-corrected chi connectivity index (χ4v) is 16.0. The summed E-state index contributed by atoms with van der Waals surface area (Å²) in [4.78, 5) is 0. The molecule has 0 unspecified atom stereocenters. The van der Waals surface area contributed by atoms with Crippen LogP contribution in [0.5, 0.6) is 0 Å². The van der Waals surface area contributed by atoms with Gasteiger partial charge in [-0.2, -0.15) is 0 Å². The zero-order valence-electron chi connectivity index (χ0n) is 48.2. The molecule has 3 aliphatic rings. The second kappa shape index (κ2) is 16.8. The molecular formula is C80H61NO2. The highest BCUT2D eigenvalue weighted by Gasteiger charge is 2.49. The van der Waals surface area contributed by atoms with E-state index in [-0.39, 0.29) is 16.2 Å². The fraction of sp³-hybridized carbons (Fsp3) is 0.150. The number of furan rings is 2. The Morgan fingerprint density at radius 3 is 1.81 bits per heavy atom. The Labute approximate surface area is 483 Å². The molecule has 0 aliphatic heterocycles. The quantitative estimate of drug-likeness (QED) is 0.155. The summed E-state index contributed by atoms with van der Waals surface area (Å²) < 4.78 is 16.5. The molecule has 398 valence electrons. The molecule has 3 nitrogen and oxygen atoms in total. The highest BCUT2D eigenvalue weighted by atomic mass is 16.3. The number of rotatable bonds is 6. The lowest BCUT2D eigenvalue weighted by Gasteiger charge is -2.31. The lowest BCUT2D eigenvalue weighted by Crippen LogP contribution is -2.24. The molecule has 17 rings (SSSR count). The van der Waals surface area contributed by atoms with Gasteiger partial charge in [0, 0.05) is 65.4 Å². The standard InChI is InChI=1S/C80H61NO2/c1-45-33-36-51(46(2)39-45)49(41-48-35-38-55-62(43-48)80(7,8)74-70(55)72-58-26-15-19-32-67(58)83-77(72)73-53-23-12-16-28-60(53)79(5,6)75(73)74)40-47-34-37-54-61(42-47)78(3,4)63-44-59(76-71(69(54)63)57-25-14-18-31-66(57)82-76)52-27-20-30-65-68(52)56-24-13-17-29-64(56)81(65)50-21-10-9-11-22-50/h9-40,42-44H,41H2,1-8H3/b49-40-. The molecule has 3 aromatic heterocycles. The summed E-state index contributed by atoms with van der Waals surface area (Å²) in [5.41, 5.74) is 32.4. The Kier molecular flexibility index (Phi) is 9.79. The van der Waals surface area contributed by atoms with Crippen molar-refractivity contribution in [2.45, 2.75) is 78.1 Å². The summed E-state index contributed by atoms with van der Waals surface area (Å²) in [5.74, 6) is 0. The van der Waals surface area contributed by atoms with E-state index < -0.39 is 0 Å². The Balaban J connectivity index is 0.820. The molecule has 0 spiro atoms. The molecule has 3 heterocycles. The maximum atomic E-state index is 7.11. The molecule has 0 N–H and O–H groups in total. The molecule has 3 aliphatic carbocycles. The Morgan fingerprint density at radius 1 is 0.422 bits per heavy atom. The van der Waals surface area contributed by atoms with Gasteiger partial charge in [-0.25, -0.2) is 0 Å². The molecule has 0 amide bonds. The van der Waals surface area contributed by atoms with Gasteiger partial charge in [0.1, 0.15) is 22.3 Å². The molecule has 0 saturated carbocycles. The first-order chi connectivity index (χ1) is 40.3. The van der Waals surface area contributed by atoms with Gasteiger partial charge in [0.25, 0.3) is 0 Å². The van der Waals surface area contributed by atoms with Crippen LogP contribution in [-0.4, -0.2) is 4.57 Å². The maximum absolute atomic E-state index is 7.11. The number of aryl methyl sites for hydroxylation is 2. The average molecular weight is 1070 g/mol. The van der Waals surface area contributed by atoms with Crippen LogP contribution in [0.15, 0.2) is 215 Å². The lowest BCUT2D eigenvalue weighted by molar-refractivity contribution is 0.599. The van der Waals surface area contributed by atoms with Crippen LogP contribution in [0, 0.1) is 13.8 Å². The van der Waals surface area contributed by atoms with Crippen molar-refractivity contribution >= 4 is 77.3 Å². The third kappa shape index (κ3) is 6.51. The van der Waals surface area contributed by atoms with Crippen molar-refractivity contribution in [3.05, 3.63) is 267 Å². The van der Waals surface area contributed by atoms with Crippen molar-refractivity contribution < 1.29 is 8.83 Å². The summed E-state index contributed by atoms with van der Waals surface area (Å²) in [7, 11) is 0. The second-order valence-corrected chi connectivity index (χ2v) is 25.6. The van der Waals surface area contributed by atoms with Crippen molar-refractivity contribution in [2.24, 2.45) is 0 Å². The number of para-hydroxylation sites is 4. The molecule has 0 radical (unpaired) electrons. The van der Waals surface area contributed by atoms with Crippen molar-refractivity contribution in [3.8, 4) is 50.2 Å². The predicted molar refractivity (Wildman–Crippen MR) is 347 cm³/mol. The number of hydrogen-bond donors (Lipinski definition) is 0. The zero-order chi connectivity index (χ0) is 56.0. The Morgan fingerprint density at radius 2 is 1.02 bits per heavy atom. The number of nitrogens with zero attached hydrogens (tertiary/aromatic N) is 1. The molecule has 3 heteroatoms. The first-order valence-corrected chi connectivity index (χ1v) is 29.5. The summed E-state index contributed by atoms with van der Waals surface area (Å²) in [6.07, 6.45) is 3.26. The normalized spacial score (nSPS) is 15.2. The van der Waals surface area contributed by atoms with Crippen molar-refractivity contribution in [1.29, 1.82) is 0 Å². The van der Waals surface area contributed by atoms with E-state index in [1.807, 2.05) is 0 Å². The minimum Gasteiger partial charge on any atom is -0.455 e.